The fourth-order valence-corrected chi connectivity index (χ4v) is 1.94. The number of esters is 1. The lowest BCUT2D eigenvalue weighted by Gasteiger charge is -2.07. The average molecular weight is 268 g/mol. The molecule has 2 nitrogen and oxygen atoms in total. The number of hydrogen-bond acceptors (Lipinski definition) is 2. The van der Waals surface area contributed by atoms with Crippen molar-refractivity contribution < 1.29 is 9.53 Å². The van der Waals surface area contributed by atoms with Crippen LogP contribution in [-0.2, 0) is 4.79 Å². The van der Waals surface area contributed by atoms with Gasteiger partial charge in [-0.25, -0.2) is 0 Å². The van der Waals surface area contributed by atoms with Crippen LogP contribution in [0.3, 0.4) is 0 Å². The minimum atomic E-state index is -0.161. The lowest BCUT2D eigenvalue weighted by atomic mass is 10.1. The summed E-state index contributed by atoms with van der Waals surface area (Å²) in [6, 6.07) is 17.8. The van der Waals surface area contributed by atoms with Gasteiger partial charge in [-0.15, -0.1) is 0 Å². The minimum absolute atomic E-state index is 0.161. The van der Waals surface area contributed by atoms with E-state index in [2.05, 4.69) is 26.0 Å². The summed E-state index contributed by atoms with van der Waals surface area (Å²) < 4.78 is 5.32. The summed E-state index contributed by atoms with van der Waals surface area (Å²) in [7, 11) is 0. The van der Waals surface area contributed by atoms with E-state index in [1.165, 1.54) is 0 Å². The third-order valence-corrected chi connectivity index (χ3v) is 3.12. The molecule has 0 unspecified atom stereocenters. The van der Waals surface area contributed by atoms with E-state index in [1.807, 2.05) is 42.5 Å². The molecule has 0 saturated heterocycles. The highest BCUT2D eigenvalue weighted by molar-refractivity contribution is 5.73. The second kappa shape index (κ2) is 6.90. The smallest absolute Gasteiger partial charge is 0.311 e. The van der Waals surface area contributed by atoms with Gasteiger partial charge in [-0.05, 0) is 35.6 Å². The highest BCUT2D eigenvalue weighted by Crippen LogP contribution is 2.22. The Labute approximate surface area is 120 Å². The van der Waals surface area contributed by atoms with E-state index in [9.17, 15) is 4.79 Å². The van der Waals surface area contributed by atoms with Gasteiger partial charge in [0.1, 0.15) is 5.75 Å². The zero-order chi connectivity index (χ0) is 14.4. The van der Waals surface area contributed by atoms with Crippen LogP contribution in [0.4, 0.5) is 0 Å². The van der Waals surface area contributed by atoms with Crippen molar-refractivity contribution in [3.05, 3.63) is 54.6 Å². The maximum Gasteiger partial charge on any atom is 0.311 e. The molecule has 0 aromatic heterocycles. The molecule has 2 aromatic carbocycles. The van der Waals surface area contributed by atoms with Crippen molar-refractivity contribution in [2.45, 2.75) is 26.7 Å². The molecule has 0 fully saturated rings. The minimum Gasteiger partial charge on any atom is -0.427 e. The number of benzene rings is 2. The molecule has 0 radical (unpaired) electrons. The molecule has 0 amide bonds. The lowest BCUT2D eigenvalue weighted by Crippen LogP contribution is -2.08. The zero-order valence-electron chi connectivity index (χ0n) is 12.0. The van der Waals surface area contributed by atoms with Gasteiger partial charge < -0.3 is 4.74 Å². The van der Waals surface area contributed by atoms with Gasteiger partial charge in [0.25, 0.3) is 0 Å². The second-order valence-electron chi connectivity index (χ2n) is 5.30. The van der Waals surface area contributed by atoms with Gasteiger partial charge in [-0.1, -0.05) is 56.3 Å². The fourth-order valence-electron chi connectivity index (χ4n) is 1.94. The summed E-state index contributed by atoms with van der Waals surface area (Å²) >= 11 is 0. The van der Waals surface area contributed by atoms with Gasteiger partial charge in [-0.3, -0.25) is 4.79 Å². The second-order valence-corrected chi connectivity index (χ2v) is 5.30. The van der Waals surface area contributed by atoms with Gasteiger partial charge in [0.2, 0.25) is 0 Å². The fraction of sp³-hybridized carbons (Fsp3) is 0.278. The first-order chi connectivity index (χ1) is 9.65. The molecule has 2 aromatic rings. The summed E-state index contributed by atoms with van der Waals surface area (Å²) in [5.74, 6) is 0.965. The Kier molecular flexibility index (Phi) is 4.94. The summed E-state index contributed by atoms with van der Waals surface area (Å²) in [5.41, 5.74) is 2.28. The SMILES string of the molecule is CC(C)CCC(=O)Oc1ccc(-c2ccccc2)cc1. The number of rotatable bonds is 5. The van der Waals surface area contributed by atoms with E-state index >= 15 is 0 Å². The van der Waals surface area contributed by atoms with Gasteiger partial charge in [-0.2, -0.15) is 0 Å². The van der Waals surface area contributed by atoms with E-state index in [0.717, 1.165) is 17.5 Å². The van der Waals surface area contributed by atoms with Gasteiger partial charge >= 0.3 is 5.97 Å². The summed E-state index contributed by atoms with van der Waals surface area (Å²) in [5, 5.41) is 0. The van der Waals surface area contributed by atoms with Crippen molar-refractivity contribution in [3.8, 4) is 16.9 Å². The van der Waals surface area contributed by atoms with E-state index in [1.54, 1.807) is 0 Å². The van der Waals surface area contributed by atoms with Crippen LogP contribution in [0.15, 0.2) is 54.6 Å². The molecule has 0 N–H and O–H groups in total. The van der Waals surface area contributed by atoms with Crippen LogP contribution in [0.5, 0.6) is 5.75 Å². The van der Waals surface area contributed by atoms with Crippen LogP contribution in [0.2, 0.25) is 0 Å². The van der Waals surface area contributed by atoms with E-state index in [-0.39, 0.29) is 5.97 Å². The molecule has 0 heterocycles. The van der Waals surface area contributed by atoms with Crippen molar-refractivity contribution in [2.24, 2.45) is 5.92 Å². The molecule has 0 aliphatic heterocycles. The Morgan fingerprint density at radius 2 is 1.55 bits per heavy atom. The first kappa shape index (κ1) is 14.3. The van der Waals surface area contributed by atoms with Crippen molar-refractivity contribution >= 4 is 5.97 Å². The molecule has 0 aliphatic carbocycles. The lowest BCUT2D eigenvalue weighted by molar-refractivity contribution is -0.134. The predicted octanol–water partition coefficient (Wildman–Crippen LogP) is 4.70. The largest absolute Gasteiger partial charge is 0.427 e. The van der Waals surface area contributed by atoms with Gasteiger partial charge in [0.15, 0.2) is 0 Å². The van der Waals surface area contributed by atoms with Crippen LogP contribution < -0.4 is 4.74 Å². The Balaban J connectivity index is 1.97. The maximum absolute atomic E-state index is 11.6. The Morgan fingerprint density at radius 3 is 2.15 bits per heavy atom. The van der Waals surface area contributed by atoms with Crippen molar-refractivity contribution in [1.29, 1.82) is 0 Å². The predicted molar refractivity (Wildman–Crippen MR) is 81.6 cm³/mol. The number of carbonyl (C=O) groups is 1. The first-order valence-corrected chi connectivity index (χ1v) is 7.01. The quantitative estimate of drug-likeness (QED) is 0.580. The third-order valence-electron chi connectivity index (χ3n) is 3.12. The van der Waals surface area contributed by atoms with Crippen molar-refractivity contribution in [1.82, 2.24) is 0 Å². The van der Waals surface area contributed by atoms with Crippen LogP contribution >= 0.6 is 0 Å². The number of hydrogen-bond donors (Lipinski definition) is 0. The molecule has 104 valence electrons. The molecule has 2 rings (SSSR count). The summed E-state index contributed by atoms with van der Waals surface area (Å²) in [4.78, 5) is 11.6. The van der Waals surface area contributed by atoms with Gasteiger partial charge in [0.05, 0.1) is 0 Å². The van der Waals surface area contributed by atoms with Crippen molar-refractivity contribution in [2.75, 3.05) is 0 Å². The molecular formula is C18H20O2. The topological polar surface area (TPSA) is 26.3 Å². The van der Waals surface area contributed by atoms with Crippen LogP contribution in [0.1, 0.15) is 26.7 Å². The Hall–Kier alpha value is -2.09. The normalized spacial score (nSPS) is 10.6. The molecule has 0 spiro atoms. The standard InChI is InChI=1S/C18H20O2/c1-14(2)8-13-18(19)20-17-11-9-16(10-12-17)15-6-4-3-5-7-15/h3-7,9-12,14H,8,13H2,1-2H3. The van der Waals surface area contributed by atoms with E-state index in [4.69, 9.17) is 4.74 Å². The van der Waals surface area contributed by atoms with Crippen molar-refractivity contribution in [3.63, 3.8) is 0 Å². The summed E-state index contributed by atoms with van der Waals surface area (Å²) in [6.07, 6.45) is 1.33. The Morgan fingerprint density at radius 1 is 0.950 bits per heavy atom. The van der Waals surface area contributed by atoms with Crippen LogP contribution in [0.25, 0.3) is 11.1 Å². The molecular weight excluding hydrogens is 248 g/mol. The molecule has 0 atom stereocenters. The van der Waals surface area contributed by atoms with Crippen LogP contribution in [0, 0.1) is 5.92 Å². The molecule has 2 heteroatoms. The molecule has 0 saturated carbocycles. The summed E-state index contributed by atoms with van der Waals surface area (Å²) in [6.45, 7) is 4.20. The van der Waals surface area contributed by atoms with Gasteiger partial charge in [0, 0.05) is 6.42 Å². The maximum atomic E-state index is 11.6. The third kappa shape index (κ3) is 4.23. The monoisotopic (exact) mass is 268 g/mol. The van der Waals surface area contributed by atoms with Crippen LogP contribution in [-0.4, -0.2) is 5.97 Å². The highest BCUT2D eigenvalue weighted by Gasteiger charge is 2.06. The zero-order valence-corrected chi connectivity index (χ0v) is 12.0. The Bertz CT molecular complexity index is 541. The first-order valence-electron chi connectivity index (χ1n) is 7.01. The molecule has 0 bridgehead atoms. The van der Waals surface area contributed by atoms with E-state index < -0.39 is 0 Å². The number of ether oxygens (including phenoxy) is 1. The highest BCUT2D eigenvalue weighted by atomic mass is 16.5. The number of carbonyl (C=O) groups excluding carboxylic acids is 1. The average Bonchev–Trinajstić information content (AvgIpc) is 2.47. The molecule has 0 aliphatic rings. The van der Waals surface area contributed by atoms with E-state index in [0.29, 0.717) is 18.1 Å². The molecule has 20 heavy (non-hydrogen) atoms.